The SMILES string of the molecule is CCCC(CN)N1C(=O)COCC1=O. The van der Waals surface area contributed by atoms with Gasteiger partial charge in [0.15, 0.2) is 0 Å². The second-order valence-electron chi connectivity index (χ2n) is 3.33. The quantitative estimate of drug-likeness (QED) is 0.621. The Labute approximate surface area is 83.2 Å². The minimum atomic E-state index is -0.273. The fourth-order valence-corrected chi connectivity index (χ4v) is 1.60. The molecule has 0 aromatic carbocycles. The molecule has 1 unspecified atom stereocenters. The summed E-state index contributed by atoms with van der Waals surface area (Å²) in [6.07, 6.45) is 1.66. The number of carbonyl (C=O) groups is 2. The van der Waals surface area contributed by atoms with Gasteiger partial charge in [-0.05, 0) is 6.42 Å². The summed E-state index contributed by atoms with van der Waals surface area (Å²) in [6, 6.07) is -0.163. The summed E-state index contributed by atoms with van der Waals surface area (Å²) in [5, 5.41) is 0. The van der Waals surface area contributed by atoms with Crippen molar-refractivity contribution in [3.8, 4) is 0 Å². The number of hydrogen-bond acceptors (Lipinski definition) is 4. The zero-order chi connectivity index (χ0) is 10.6. The van der Waals surface area contributed by atoms with Crippen LogP contribution in [0, 0.1) is 0 Å². The molecule has 80 valence electrons. The molecule has 2 amide bonds. The molecule has 1 saturated heterocycles. The first-order chi connectivity index (χ1) is 6.70. The van der Waals surface area contributed by atoms with Crippen LogP contribution in [-0.4, -0.2) is 42.5 Å². The number of nitrogens with zero attached hydrogens (tertiary/aromatic N) is 1. The molecular weight excluding hydrogens is 184 g/mol. The van der Waals surface area contributed by atoms with Crippen LogP contribution in [0.25, 0.3) is 0 Å². The molecular formula is C9H16N2O3. The van der Waals surface area contributed by atoms with Crippen LogP contribution in [0.2, 0.25) is 0 Å². The zero-order valence-corrected chi connectivity index (χ0v) is 8.36. The average molecular weight is 200 g/mol. The maximum atomic E-state index is 11.4. The molecule has 1 atom stereocenters. The Morgan fingerprint density at radius 1 is 1.43 bits per heavy atom. The van der Waals surface area contributed by atoms with Crippen molar-refractivity contribution in [2.75, 3.05) is 19.8 Å². The van der Waals surface area contributed by atoms with Crippen molar-refractivity contribution >= 4 is 11.8 Å². The van der Waals surface area contributed by atoms with E-state index in [1.54, 1.807) is 0 Å². The molecule has 0 aliphatic carbocycles. The number of amides is 2. The lowest BCUT2D eigenvalue weighted by atomic mass is 10.1. The molecule has 1 heterocycles. The zero-order valence-electron chi connectivity index (χ0n) is 8.36. The third-order valence-corrected chi connectivity index (χ3v) is 2.25. The monoisotopic (exact) mass is 200 g/mol. The average Bonchev–Trinajstić information content (AvgIpc) is 2.16. The van der Waals surface area contributed by atoms with Crippen molar-refractivity contribution in [1.29, 1.82) is 0 Å². The van der Waals surface area contributed by atoms with E-state index in [0.717, 1.165) is 12.8 Å². The summed E-state index contributed by atoms with van der Waals surface area (Å²) < 4.78 is 4.82. The number of nitrogens with two attached hydrogens (primary N) is 1. The molecule has 0 bridgehead atoms. The van der Waals surface area contributed by atoms with E-state index in [-0.39, 0.29) is 31.1 Å². The highest BCUT2D eigenvalue weighted by Gasteiger charge is 2.31. The van der Waals surface area contributed by atoms with E-state index in [1.165, 1.54) is 4.90 Å². The molecule has 0 saturated carbocycles. The Hall–Kier alpha value is -0.940. The molecule has 1 aliphatic heterocycles. The van der Waals surface area contributed by atoms with Gasteiger partial charge in [-0.25, -0.2) is 0 Å². The van der Waals surface area contributed by atoms with Crippen LogP contribution in [0.4, 0.5) is 0 Å². The summed E-state index contributed by atoms with van der Waals surface area (Å²) in [7, 11) is 0. The van der Waals surface area contributed by atoms with Gasteiger partial charge in [0.05, 0.1) is 6.04 Å². The van der Waals surface area contributed by atoms with Crippen molar-refractivity contribution in [1.82, 2.24) is 4.90 Å². The van der Waals surface area contributed by atoms with E-state index in [4.69, 9.17) is 10.5 Å². The summed E-state index contributed by atoms with van der Waals surface area (Å²) >= 11 is 0. The molecule has 0 radical (unpaired) electrons. The lowest BCUT2D eigenvalue weighted by molar-refractivity contribution is -0.161. The van der Waals surface area contributed by atoms with Gasteiger partial charge in [0.2, 0.25) is 0 Å². The van der Waals surface area contributed by atoms with Crippen LogP contribution in [0.1, 0.15) is 19.8 Å². The van der Waals surface area contributed by atoms with E-state index >= 15 is 0 Å². The third kappa shape index (κ3) is 2.30. The Kier molecular flexibility index (Phi) is 4.03. The lowest BCUT2D eigenvalue weighted by Gasteiger charge is -2.31. The Bertz CT molecular complexity index is 214. The number of imide groups is 1. The van der Waals surface area contributed by atoms with E-state index < -0.39 is 0 Å². The number of morpholine rings is 1. The van der Waals surface area contributed by atoms with Crippen molar-refractivity contribution < 1.29 is 14.3 Å². The molecule has 1 fully saturated rings. The number of rotatable bonds is 4. The van der Waals surface area contributed by atoms with E-state index in [1.807, 2.05) is 6.92 Å². The number of carbonyl (C=O) groups excluding carboxylic acids is 2. The second kappa shape index (κ2) is 5.07. The molecule has 0 aromatic rings. The second-order valence-corrected chi connectivity index (χ2v) is 3.33. The molecule has 1 rings (SSSR count). The van der Waals surface area contributed by atoms with Gasteiger partial charge in [0.1, 0.15) is 13.2 Å². The standard InChI is InChI=1S/C9H16N2O3/c1-2-3-7(4-10)11-8(12)5-14-6-9(11)13/h7H,2-6,10H2,1H3. The molecule has 5 nitrogen and oxygen atoms in total. The van der Waals surface area contributed by atoms with Gasteiger partial charge in [-0.2, -0.15) is 0 Å². The van der Waals surface area contributed by atoms with Gasteiger partial charge in [-0.15, -0.1) is 0 Å². The van der Waals surface area contributed by atoms with Gasteiger partial charge in [-0.1, -0.05) is 13.3 Å². The maximum Gasteiger partial charge on any atom is 0.255 e. The highest BCUT2D eigenvalue weighted by atomic mass is 16.5. The number of ether oxygens (including phenoxy) is 1. The molecule has 0 aromatic heterocycles. The van der Waals surface area contributed by atoms with Crippen LogP contribution in [0.3, 0.4) is 0 Å². The lowest BCUT2D eigenvalue weighted by Crippen LogP contribution is -2.53. The van der Waals surface area contributed by atoms with E-state index in [2.05, 4.69) is 0 Å². The summed E-state index contributed by atoms with van der Waals surface area (Å²) in [6.45, 7) is 2.31. The van der Waals surface area contributed by atoms with Crippen molar-refractivity contribution in [3.63, 3.8) is 0 Å². The fraction of sp³-hybridized carbons (Fsp3) is 0.778. The fourth-order valence-electron chi connectivity index (χ4n) is 1.60. The van der Waals surface area contributed by atoms with Gasteiger partial charge >= 0.3 is 0 Å². The van der Waals surface area contributed by atoms with Crippen LogP contribution < -0.4 is 5.73 Å². The smallest absolute Gasteiger partial charge is 0.255 e. The summed E-state index contributed by atoms with van der Waals surface area (Å²) in [4.78, 5) is 24.1. The normalized spacial score (nSPS) is 20.0. The highest BCUT2D eigenvalue weighted by Crippen LogP contribution is 2.10. The molecule has 5 heteroatoms. The van der Waals surface area contributed by atoms with Crippen LogP contribution in [0.15, 0.2) is 0 Å². The molecule has 0 spiro atoms. The van der Waals surface area contributed by atoms with Gasteiger partial charge in [0.25, 0.3) is 11.8 Å². The third-order valence-electron chi connectivity index (χ3n) is 2.25. The topological polar surface area (TPSA) is 72.6 Å². The van der Waals surface area contributed by atoms with Crippen LogP contribution in [-0.2, 0) is 14.3 Å². The summed E-state index contributed by atoms with van der Waals surface area (Å²) in [5.41, 5.74) is 5.53. The van der Waals surface area contributed by atoms with E-state index in [9.17, 15) is 9.59 Å². The van der Waals surface area contributed by atoms with Crippen LogP contribution in [0.5, 0.6) is 0 Å². The first-order valence-electron chi connectivity index (χ1n) is 4.83. The predicted molar refractivity (Wildman–Crippen MR) is 50.4 cm³/mol. The Balaban J connectivity index is 2.69. The van der Waals surface area contributed by atoms with Crippen molar-refractivity contribution in [2.24, 2.45) is 5.73 Å². The molecule has 14 heavy (non-hydrogen) atoms. The minimum absolute atomic E-state index is 0.00798. The van der Waals surface area contributed by atoms with E-state index in [0.29, 0.717) is 6.54 Å². The summed E-state index contributed by atoms with van der Waals surface area (Å²) in [5.74, 6) is -0.546. The van der Waals surface area contributed by atoms with Crippen LogP contribution >= 0.6 is 0 Å². The minimum Gasteiger partial charge on any atom is -0.362 e. The Morgan fingerprint density at radius 3 is 2.43 bits per heavy atom. The van der Waals surface area contributed by atoms with Crippen molar-refractivity contribution in [2.45, 2.75) is 25.8 Å². The maximum absolute atomic E-state index is 11.4. The molecule has 2 N–H and O–H groups in total. The van der Waals surface area contributed by atoms with Gasteiger partial charge in [-0.3, -0.25) is 14.5 Å². The first kappa shape index (κ1) is 11.1. The Morgan fingerprint density at radius 2 is 2.00 bits per heavy atom. The van der Waals surface area contributed by atoms with Gasteiger partial charge in [0, 0.05) is 6.54 Å². The predicted octanol–water partition coefficient (Wildman–Crippen LogP) is -0.501. The first-order valence-corrected chi connectivity index (χ1v) is 4.83. The van der Waals surface area contributed by atoms with Crippen molar-refractivity contribution in [3.05, 3.63) is 0 Å². The molecule has 1 aliphatic rings. The largest absolute Gasteiger partial charge is 0.362 e. The number of hydrogen-bond donors (Lipinski definition) is 1. The highest BCUT2D eigenvalue weighted by molar-refractivity contribution is 5.98. The van der Waals surface area contributed by atoms with Gasteiger partial charge < -0.3 is 10.5 Å².